The number of hydrogen-bond donors (Lipinski definition) is 2. The Balaban J connectivity index is 1.53. The second-order valence-corrected chi connectivity index (χ2v) is 8.05. The number of carbonyl (C=O) groups excluding carboxylic acids is 1. The molecule has 4 rings (SSSR count). The predicted molar refractivity (Wildman–Crippen MR) is 110 cm³/mol. The molecule has 0 bridgehead atoms. The van der Waals surface area contributed by atoms with Gasteiger partial charge in [-0.3, -0.25) is 9.78 Å². The van der Waals surface area contributed by atoms with Crippen molar-refractivity contribution in [2.45, 2.75) is 26.2 Å². The minimum absolute atomic E-state index is 0.0615. The second-order valence-electron chi connectivity index (χ2n) is 8.05. The molecule has 2 aromatic heterocycles. The van der Waals surface area contributed by atoms with E-state index in [9.17, 15) is 4.79 Å². The first-order valence-electron chi connectivity index (χ1n) is 9.49. The van der Waals surface area contributed by atoms with Gasteiger partial charge < -0.3 is 19.9 Å². The first-order chi connectivity index (χ1) is 13.4. The van der Waals surface area contributed by atoms with Gasteiger partial charge in [-0.1, -0.05) is 20.8 Å². The van der Waals surface area contributed by atoms with Gasteiger partial charge in [0, 0.05) is 30.4 Å². The quantitative estimate of drug-likeness (QED) is 0.729. The van der Waals surface area contributed by atoms with Crippen LogP contribution in [0.5, 0.6) is 0 Å². The van der Waals surface area contributed by atoms with E-state index < -0.39 is 0 Å². The second kappa shape index (κ2) is 7.24. The van der Waals surface area contributed by atoms with E-state index in [0.717, 1.165) is 41.3 Å². The molecule has 1 saturated heterocycles. The zero-order valence-electron chi connectivity index (χ0n) is 16.5. The number of nitrogens with zero attached hydrogens (tertiary/aromatic N) is 3. The van der Waals surface area contributed by atoms with Crippen LogP contribution in [0, 0.1) is 0 Å². The highest BCUT2D eigenvalue weighted by atomic mass is 16.5. The lowest BCUT2D eigenvalue weighted by atomic mass is 9.96. The summed E-state index contributed by atoms with van der Waals surface area (Å²) in [5, 5.41) is 2.96. The molecule has 7 heteroatoms. The van der Waals surface area contributed by atoms with Crippen molar-refractivity contribution in [3.63, 3.8) is 0 Å². The van der Waals surface area contributed by atoms with Crippen LogP contribution in [-0.4, -0.2) is 47.2 Å². The molecule has 0 unspecified atom stereocenters. The van der Waals surface area contributed by atoms with Crippen molar-refractivity contribution < 1.29 is 9.53 Å². The Morgan fingerprint density at radius 3 is 2.71 bits per heavy atom. The van der Waals surface area contributed by atoms with Crippen LogP contribution in [0.4, 0.5) is 11.4 Å². The maximum Gasteiger partial charge on any atom is 0.257 e. The molecule has 0 saturated carbocycles. The molecule has 0 radical (unpaired) electrons. The smallest absolute Gasteiger partial charge is 0.257 e. The van der Waals surface area contributed by atoms with E-state index in [0.29, 0.717) is 18.8 Å². The number of hydrogen-bond acceptors (Lipinski definition) is 5. The van der Waals surface area contributed by atoms with Gasteiger partial charge in [0.05, 0.1) is 41.7 Å². The molecule has 1 aromatic carbocycles. The number of amides is 1. The molecular weight excluding hydrogens is 354 g/mol. The third kappa shape index (κ3) is 3.84. The number of morpholine rings is 1. The van der Waals surface area contributed by atoms with Crippen LogP contribution in [0.25, 0.3) is 11.0 Å². The average molecular weight is 379 g/mol. The lowest BCUT2D eigenvalue weighted by Gasteiger charge is -2.28. The molecular formula is C21H25N5O2. The van der Waals surface area contributed by atoms with Crippen molar-refractivity contribution in [2.75, 3.05) is 36.5 Å². The number of benzene rings is 1. The zero-order valence-corrected chi connectivity index (χ0v) is 16.5. The number of ether oxygens (including phenoxy) is 1. The molecule has 1 amide bonds. The van der Waals surface area contributed by atoms with Crippen molar-refractivity contribution in [2.24, 2.45) is 0 Å². The van der Waals surface area contributed by atoms with Gasteiger partial charge in [-0.25, -0.2) is 4.98 Å². The molecule has 0 atom stereocenters. The maximum absolute atomic E-state index is 12.7. The number of aromatic nitrogens is 3. The summed E-state index contributed by atoms with van der Waals surface area (Å²) in [4.78, 5) is 27.1. The molecule has 1 aliphatic rings. The topological polar surface area (TPSA) is 83.1 Å². The molecule has 3 heterocycles. The third-order valence-electron chi connectivity index (χ3n) is 4.81. The molecule has 0 spiro atoms. The van der Waals surface area contributed by atoms with E-state index in [1.54, 1.807) is 12.4 Å². The fraction of sp³-hybridized carbons (Fsp3) is 0.381. The first-order valence-corrected chi connectivity index (χ1v) is 9.49. The molecule has 3 aromatic rings. The van der Waals surface area contributed by atoms with Crippen molar-refractivity contribution in [3.05, 3.63) is 48.0 Å². The van der Waals surface area contributed by atoms with Gasteiger partial charge in [-0.15, -0.1) is 0 Å². The number of aromatic amines is 1. The zero-order chi connectivity index (χ0) is 19.7. The summed E-state index contributed by atoms with van der Waals surface area (Å²) in [5.41, 5.74) is 3.92. The van der Waals surface area contributed by atoms with Crippen LogP contribution >= 0.6 is 0 Å². The van der Waals surface area contributed by atoms with Crippen molar-refractivity contribution >= 4 is 28.3 Å². The number of imidazole rings is 1. The normalized spacial score (nSPS) is 15.0. The summed E-state index contributed by atoms with van der Waals surface area (Å²) in [6.07, 6.45) is 3.37. The highest BCUT2D eigenvalue weighted by Gasteiger charge is 2.19. The van der Waals surface area contributed by atoms with Gasteiger partial charge in [-0.2, -0.15) is 0 Å². The summed E-state index contributed by atoms with van der Waals surface area (Å²) < 4.78 is 5.39. The molecule has 146 valence electrons. The fourth-order valence-corrected chi connectivity index (χ4v) is 3.19. The van der Waals surface area contributed by atoms with E-state index in [2.05, 4.69) is 45.9 Å². The van der Waals surface area contributed by atoms with Gasteiger partial charge >= 0.3 is 0 Å². The Labute approximate surface area is 164 Å². The standard InChI is InChI=1S/C21H25N5O2/c1-21(2,3)20-24-17-5-4-15(11-18(17)25-20)23-19(27)14-10-16(13-22-12-14)26-6-8-28-9-7-26/h4-5,10-13H,6-9H2,1-3H3,(H,23,27)(H,24,25). The number of H-pyrrole nitrogens is 1. The summed E-state index contributed by atoms with van der Waals surface area (Å²) >= 11 is 0. The number of carbonyl (C=O) groups is 1. The van der Waals surface area contributed by atoms with Crippen LogP contribution in [0.3, 0.4) is 0 Å². The van der Waals surface area contributed by atoms with Crippen LogP contribution in [0.15, 0.2) is 36.7 Å². The van der Waals surface area contributed by atoms with E-state index >= 15 is 0 Å². The Bertz CT molecular complexity index is 999. The van der Waals surface area contributed by atoms with E-state index in [-0.39, 0.29) is 11.3 Å². The van der Waals surface area contributed by atoms with Crippen LogP contribution < -0.4 is 10.2 Å². The summed E-state index contributed by atoms with van der Waals surface area (Å²) in [7, 11) is 0. The highest BCUT2D eigenvalue weighted by molar-refractivity contribution is 6.05. The van der Waals surface area contributed by atoms with Crippen molar-refractivity contribution in [1.82, 2.24) is 15.0 Å². The third-order valence-corrected chi connectivity index (χ3v) is 4.81. The van der Waals surface area contributed by atoms with Crippen LogP contribution in [0.1, 0.15) is 37.0 Å². The van der Waals surface area contributed by atoms with Crippen LogP contribution in [0.2, 0.25) is 0 Å². The first kappa shape index (κ1) is 18.4. The number of rotatable bonds is 3. The Hall–Kier alpha value is -2.93. The fourth-order valence-electron chi connectivity index (χ4n) is 3.19. The Morgan fingerprint density at radius 1 is 1.18 bits per heavy atom. The van der Waals surface area contributed by atoms with Crippen molar-refractivity contribution in [1.29, 1.82) is 0 Å². The minimum atomic E-state index is -0.183. The molecule has 0 aliphatic carbocycles. The molecule has 7 nitrogen and oxygen atoms in total. The van der Waals surface area contributed by atoms with Gasteiger partial charge in [-0.05, 0) is 24.3 Å². The van der Waals surface area contributed by atoms with E-state index in [4.69, 9.17) is 4.74 Å². The lowest BCUT2D eigenvalue weighted by Crippen LogP contribution is -2.36. The molecule has 28 heavy (non-hydrogen) atoms. The van der Waals surface area contributed by atoms with Gasteiger partial charge in [0.25, 0.3) is 5.91 Å². The monoisotopic (exact) mass is 379 g/mol. The summed E-state index contributed by atoms with van der Waals surface area (Å²) in [6, 6.07) is 7.57. The van der Waals surface area contributed by atoms with Crippen LogP contribution in [-0.2, 0) is 10.2 Å². The largest absolute Gasteiger partial charge is 0.378 e. The maximum atomic E-state index is 12.7. The molecule has 1 aliphatic heterocycles. The average Bonchev–Trinajstić information content (AvgIpc) is 3.13. The van der Waals surface area contributed by atoms with Gasteiger partial charge in [0.2, 0.25) is 0 Å². The highest BCUT2D eigenvalue weighted by Crippen LogP contribution is 2.24. The van der Waals surface area contributed by atoms with E-state index in [1.807, 2.05) is 24.3 Å². The van der Waals surface area contributed by atoms with E-state index in [1.165, 1.54) is 0 Å². The SMILES string of the molecule is CC(C)(C)c1nc2ccc(NC(=O)c3cncc(N4CCOCC4)c3)cc2[nH]1. The van der Waals surface area contributed by atoms with Gasteiger partial charge in [0.1, 0.15) is 5.82 Å². The minimum Gasteiger partial charge on any atom is -0.378 e. The van der Waals surface area contributed by atoms with Crippen molar-refractivity contribution in [3.8, 4) is 0 Å². The number of anilines is 2. The summed E-state index contributed by atoms with van der Waals surface area (Å²) in [6.45, 7) is 9.33. The number of nitrogens with one attached hydrogen (secondary N) is 2. The van der Waals surface area contributed by atoms with Gasteiger partial charge in [0.15, 0.2) is 0 Å². The molecule has 1 fully saturated rings. The Kier molecular flexibility index (Phi) is 4.77. The number of fused-ring (bicyclic) bond motifs is 1. The summed E-state index contributed by atoms with van der Waals surface area (Å²) in [5.74, 6) is 0.742. The number of pyridine rings is 1. The molecule has 2 N–H and O–H groups in total. The Morgan fingerprint density at radius 2 is 1.96 bits per heavy atom. The lowest BCUT2D eigenvalue weighted by molar-refractivity contribution is 0.102. The predicted octanol–water partition coefficient (Wildman–Crippen LogP) is 3.34.